The van der Waals surface area contributed by atoms with E-state index in [1.807, 2.05) is 27.7 Å². The summed E-state index contributed by atoms with van der Waals surface area (Å²) in [5, 5.41) is 9.93. The third-order valence-electron chi connectivity index (χ3n) is 2.25. The molecule has 2 heterocycles. The van der Waals surface area contributed by atoms with Gasteiger partial charge in [-0.2, -0.15) is 23.1 Å². The number of hydrogen-bond acceptors (Lipinski definition) is 6. The number of halogens is 3. The molecule has 1 N–H and O–H groups in total. The molecule has 0 aliphatic rings. The van der Waals surface area contributed by atoms with Crippen LogP contribution in [-0.4, -0.2) is 32.0 Å². The fourth-order valence-corrected chi connectivity index (χ4v) is 1.36. The summed E-state index contributed by atoms with van der Waals surface area (Å²) in [6, 6.07) is 0.421. The number of hydrogen-bond donors (Lipinski definition) is 1. The van der Waals surface area contributed by atoms with Crippen molar-refractivity contribution in [3.05, 3.63) is 23.7 Å². The first-order chi connectivity index (χ1) is 11.4. The summed E-state index contributed by atoms with van der Waals surface area (Å²) in [7, 11) is 3.12. The normalized spacial score (nSPS) is 10.0. The van der Waals surface area contributed by atoms with E-state index in [1.54, 1.807) is 13.2 Å². The topological polar surface area (TPSA) is 77.8 Å². The molecule has 0 aliphatic heterocycles. The molecule has 2 aromatic heterocycles. The Morgan fingerprint density at radius 3 is 2.25 bits per heavy atom. The van der Waals surface area contributed by atoms with Crippen molar-refractivity contribution in [3.63, 3.8) is 0 Å². The first-order valence-electron chi connectivity index (χ1n) is 7.50. The first-order valence-corrected chi connectivity index (χ1v) is 7.50. The van der Waals surface area contributed by atoms with Crippen LogP contribution in [0.1, 0.15) is 39.1 Å². The second-order valence-electron chi connectivity index (χ2n) is 3.84. The number of ether oxygens (including phenoxy) is 1. The Morgan fingerprint density at radius 2 is 1.79 bits per heavy atom. The lowest BCUT2D eigenvalue weighted by atomic mass is 10.4. The molecule has 24 heavy (non-hydrogen) atoms. The maximum Gasteiger partial charge on any atom is 0.433 e. The molecule has 0 fully saturated rings. The molecule has 0 radical (unpaired) electrons. The van der Waals surface area contributed by atoms with Crippen LogP contribution in [0.5, 0.6) is 6.01 Å². The minimum Gasteiger partial charge on any atom is -0.457 e. The molecule has 0 saturated heterocycles. The second-order valence-corrected chi connectivity index (χ2v) is 3.84. The van der Waals surface area contributed by atoms with E-state index in [0.717, 1.165) is 6.07 Å². The molecule has 0 aliphatic carbocycles. The summed E-state index contributed by atoms with van der Waals surface area (Å²) in [6.07, 6.45) is -2.99. The summed E-state index contributed by atoms with van der Waals surface area (Å²) in [4.78, 5) is 7.11. The third-order valence-corrected chi connectivity index (χ3v) is 2.25. The van der Waals surface area contributed by atoms with Crippen LogP contribution >= 0.6 is 0 Å². The van der Waals surface area contributed by atoms with Gasteiger partial charge in [-0.3, -0.25) is 4.68 Å². The van der Waals surface area contributed by atoms with Crippen LogP contribution in [0.2, 0.25) is 0 Å². The highest BCUT2D eigenvalue weighted by Crippen LogP contribution is 2.30. The lowest BCUT2D eigenvalue weighted by molar-refractivity contribution is -0.141. The Balaban J connectivity index is 0.00000123. The van der Waals surface area contributed by atoms with Crippen LogP contribution in [0, 0.1) is 0 Å². The van der Waals surface area contributed by atoms with Crippen LogP contribution in [0.3, 0.4) is 0 Å². The van der Waals surface area contributed by atoms with Gasteiger partial charge in [-0.25, -0.2) is 0 Å². The summed E-state index contributed by atoms with van der Waals surface area (Å²) >= 11 is 0. The van der Waals surface area contributed by atoms with Gasteiger partial charge in [0.2, 0.25) is 0 Å². The summed E-state index contributed by atoms with van der Waals surface area (Å²) < 4.78 is 44.5. The van der Waals surface area contributed by atoms with Crippen LogP contribution in [0.15, 0.2) is 12.3 Å². The number of nitrogens with zero attached hydrogens (tertiary/aromatic N) is 5. The molecule has 0 saturated carbocycles. The number of alkyl halides is 3. The van der Waals surface area contributed by atoms with Gasteiger partial charge >= 0.3 is 12.2 Å². The minimum absolute atomic E-state index is 0.0153. The fourth-order valence-electron chi connectivity index (χ4n) is 1.36. The van der Waals surface area contributed by atoms with Crippen molar-refractivity contribution in [2.24, 2.45) is 7.05 Å². The minimum atomic E-state index is -4.57. The van der Waals surface area contributed by atoms with E-state index in [9.17, 15) is 13.2 Å². The van der Waals surface area contributed by atoms with Crippen molar-refractivity contribution in [1.82, 2.24) is 25.0 Å². The van der Waals surface area contributed by atoms with Crippen molar-refractivity contribution in [2.75, 3.05) is 12.4 Å². The smallest absolute Gasteiger partial charge is 0.433 e. The number of aryl methyl sites for hydroxylation is 1. The molecule has 0 unspecified atom stereocenters. The molecular formula is C14H23F3N6O. The average Bonchev–Trinajstić information content (AvgIpc) is 3.01. The zero-order valence-electron chi connectivity index (χ0n) is 14.6. The van der Waals surface area contributed by atoms with E-state index in [-0.39, 0.29) is 18.4 Å². The van der Waals surface area contributed by atoms with Gasteiger partial charge in [0.25, 0.3) is 0 Å². The lowest BCUT2D eigenvalue weighted by Crippen LogP contribution is -2.12. The molecule has 0 atom stereocenters. The molecule has 0 amide bonds. The van der Waals surface area contributed by atoms with Crippen LogP contribution < -0.4 is 10.1 Å². The molecular weight excluding hydrogens is 325 g/mol. The monoisotopic (exact) mass is 348 g/mol. The molecule has 2 rings (SSSR count). The van der Waals surface area contributed by atoms with E-state index in [2.05, 4.69) is 25.6 Å². The number of anilines is 1. The summed E-state index contributed by atoms with van der Waals surface area (Å²) in [5.74, 6) is 0.0153. The van der Waals surface area contributed by atoms with Crippen molar-refractivity contribution in [2.45, 2.75) is 40.5 Å². The molecule has 7 nitrogen and oxygen atoms in total. The van der Waals surface area contributed by atoms with E-state index in [1.165, 1.54) is 11.7 Å². The van der Waals surface area contributed by atoms with Crippen molar-refractivity contribution >= 4 is 5.82 Å². The lowest BCUT2D eigenvalue weighted by Gasteiger charge is -2.10. The van der Waals surface area contributed by atoms with Crippen molar-refractivity contribution < 1.29 is 17.9 Å². The standard InChI is InChI=1S/C10H11F3N6O.2C2H6/c1-14-8-3-7(10(11,12)13)15-9(16-8)20-5-6-4-19(2)18-17-6;2*1-2/h3-4H,5H2,1-2H3,(H,14,15,16);2*1-2H3. The Labute approximate surface area is 139 Å². The van der Waals surface area contributed by atoms with Gasteiger partial charge in [0.05, 0.1) is 6.20 Å². The molecule has 2 aromatic rings. The van der Waals surface area contributed by atoms with Gasteiger partial charge in [0.15, 0.2) is 5.69 Å². The van der Waals surface area contributed by atoms with Crippen LogP contribution in [-0.2, 0) is 19.8 Å². The Kier molecular flexibility index (Phi) is 9.36. The SMILES string of the molecule is CC.CC.CNc1cc(C(F)(F)F)nc(OCc2cn(C)nn2)n1. The van der Waals surface area contributed by atoms with Crippen LogP contribution in [0.4, 0.5) is 19.0 Å². The quantitative estimate of drug-likeness (QED) is 0.913. The number of aromatic nitrogens is 5. The van der Waals surface area contributed by atoms with Gasteiger partial charge in [0.1, 0.15) is 18.1 Å². The zero-order valence-corrected chi connectivity index (χ0v) is 14.6. The van der Waals surface area contributed by atoms with Crippen LogP contribution in [0.25, 0.3) is 0 Å². The summed E-state index contributed by atoms with van der Waals surface area (Å²) in [5.41, 5.74) is -0.620. The predicted molar refractivity (Wildman–Crippen MR) is 84.6 cm³/mol. The van der Waals surface area contributed by atoms with E-state index in [0.29, 0.717) is 5.69 Å². The molecule has 0 spiro atoms. The highest BCUT2D eigenvalue weighted by molar-refractivity contribution is 5.37. The first kappa shape index (κ1) is 21.6. The third kappa shape index (κ3) is 6.80. The Bertz CT molecular complexity index is 600. The summed E-state index contributed by atoms with van der Waals surface area (Å²) in [6.45, 7) is 7.93. The maximum atomic E-state index is 12.7. The van der Waals surface area contributed by atoms with Gasteiger partial charge in [-0.15, -0.1) is 5.10 Å². The van der Waals surface area contributed by atoms with E-state index in [4.69, 9.17) is 4.74 Å². The molecule has 10 heteroatoms. The van der Waals surface area contributed by atoms with Gasteiger partial charge in [-0.1, -0.05) is 32.9 Å². The van der Waals surface area contributed by atoms with Crippen molar-refractivity contribution in [3.8, 4) is 6.01 Å². The highest BCUT2D eigenvalue weighted by Gasteiger charge is 2.34. The fraction of sp³-hybridized carbons (Fsp3) is 0.571. The predicted octanol–water partition coefficient (Wildman–Crippen LogP) is 3.30. The second kappa shape index (κ2) is 10.4. The van der Waals surface area contributed by atoms with E-state index >= 15 is 0 Å². The zero-order chi connectivity index (χ0) is 18.8. The number of rotatable bonds is 4. The molecule has 0 aromatic carbocycles. The van der Waals surface area contributed by atoms with E-state index < -0.39 is 11.9 Å². The van der Waals surface area contributed by atoms with Gasteiger partial charge in [0, 0.05) is 20.2 Å². The maximum absolute atomic E-state index is 12.7. The Morgan fingerprint density at radius 1 is 1.17 bits per heavy atom. The van der Waals surface area contributed by atoms with Gasteiger partial charge < -0.3 is 10.1 Å². The largest absolute Gasteiger partial charge is 0.457 e. The van der Waals surface area contributed by atoms with Crippen molar-refractivity contribution in [1.29, 1.82) is 0 Å². The molecule has 136 valence electrons. The van der Waals surface area contributed by atoms with Gasteiger partial charge in [-0.05, 0) is 0 Å². The Hall–Kier alpha value is -2.39. The number of nitrogens with one attached hydrogen (secondary N) is 1. The highest BCUT2D eigenvalue weighted by atomic mass is 19.4. The molecule has 0 bridgehead atoms. The average molecular weight is 348 g/mol.